The molecule has 2 atom stereocenters. The minimum absolute atomic E-state index is 0.232. The zero-order valence-electron chi connectivity index (χ0n) is 15.4. The third kappa shape index (κ3) is 8.86. The molecule has 1 aliphatic rings. The van der Waals surface area contributed by atoms with Crippen LogP contribution in [0.2, 0.25) is 0 Å². The lowest BCUT2D eigenvalue weighted by Gasteiger charge is -2.31. The molecule has 4 heteroatoms. The smallest absolute Gasteiger partial charge is 0.142 e. The van der Waals surface area contributed by atoms with Crippen LogP contribution in [0, 0.1) is 0 Å². The molecular weight excluding hydrogens is 278 g/mol. The van der Waals surface area contributed by atoms with Crippen LogP contribution in [0.4, 0.5) is 0 Å². The van der Waals surface area contributed by atoms with Crippen molar-refractivity contribution in [3.05, 3.63) is 0 Å². The van der Waals surface area contributed by atoms with Gasteiger partial charge >= 0.3 is 0 Å². The molecule has 1 aliphatic heterocycles. The highest BCUT2D eigenvalue weighted by atomic mass is 16.5. The lowest BCUT2D eigenvalue weighted by atomic mass is 10.1. The summed E-state index contributed by atoms with van der Waals surface area (Å²) in [5.41, 5.74) is -0.521. The summed E-state index contributed by atoms with van der Waals surface area (Å²) in [4.78, 5) is 0. The van der Waals surface area contributed by atoms with Crippen LogP contribution in [0.5, 0.6) is 0 Å². The molecule has 0 spiro atoms. The van der Waals surface area contributed by atoms with Gasteiger partial charge in [0.1, 0.15) is 25.4 Å². The van der Waals surface area contributed by atoms with E-state index in [1.54, 1.807) is 0 Å². The minimum atomic E-state index is -0.612. The predicted molar refractivity (Wildman–Crippen MR) is 90.9 cm³/mol. The van der Waals surface area contributed by atoms with Gasteiger partial charge in [-0.05, 0) is 48.0 Å². The van der Waals surface area contributed by atoms with Gasteiger partial charge in [0.05, 0.1) is 30.3 Å². The molecule has 0 unspecified atom stereocenters. The maximum absolute atomic E-state index is 10.5. The molecule has 1 heterocycles. The van der Waals surface area contributed by atoms with Gasteiger partial charge in [-0.3, -0.25) is 0 Å². The summed E-state index contributed by atoms with van der Waals surface area (Å²) >= 11 is 0. The Hall–Kier alpha value is -0.450. The Morgan fingerprint density at radius 2 is 1.59 bits per heavy atom. The van der Waals surface area contributed by atoms with Gasteiger partial charge in [0.2, 0.25) is 0 Å². The number of aliphatic hydroxyl groups excluding tert-OH is 1. The summed E-state index contributed by atoms with van der Waals surface area (Å²) in [6, 6.07) is 0. The van der Waals surface area contributed by atoms with E-state index in [9.17, 15) is 5.11 Å². The van der Waals surface area contributed by atoms with E-state index in [1.165, 1.54) is 19.3 Å². The van der Waals surface area contributed by atoms with E-state index in [0.29, 0.717) is 6.61 Å². The summed E-state index contributed by atoms with van der Waals surface area (Å²) in [5, 5.41) is 10.5. The molecule has 0 aliphatic carbocycles. The van der Waals surface area contributed by atoms with Crippen LogP contribution in [0.15, 0.2) is 0 Å². The number of aliphatic hydroxyl groups is 1. The van der Waals surface area contributed by atoms with Crippen LogP contribution in [-0.4, -0.2) is 59.0 Å². The number of rotatable bonds is 6. The van der Waals surface area contributed by atoms with Gasteiger partial charge in [-0.2, -0.15) is 0 Å². The lowest BCUT2D eigenvalue weighted by molar-refractivity contribution is -0.534. The second kappa shape index (κ2) is 8.42. The van der Waals surface area contributed by atoms with Crippen molar-refractivity contribution in [1.29, 1.82) is 0 Å². The van der Waals surface area contributed by atoms with Crippen molar-refractivity contribution in [1.82, 2.24) is 0 Å². The number of ether oxygens (including phenoxy) is 2. The number of hydrogen-bond acceptors (Lipinski definition) is 3. The van der Waals surface area contributed by atoms with Crippen molar-refractivity contribution in [3.63, 3.8) is 0 Å². The molecule has 1 rings (SSSR count). The fourth-order valence-corrected chi connectivity index (χ4v) is 2.53. The summed E-state index contributed by atoms with van der Waals surface area (Å²) in [5.74, 6) is 0. The van der Waals surface area contributed by atoms with E-state index in [2.05, 4.69) is 10.8 Å². The molecular formula is C18H36NO3+. The molecule has 1 N–H and O–H groups in total. The van der Waals surface area contributed by atoms with Gasteiger partial charge in [-0.1, -0.05) is 0 Å². The van der Waals surface area contributed by atoms with Crippen molar-refractivity contribution in [3.8, 4) is 0 Å². The second-order valence-electron chi connectivity index (χ2n) is 8.27. The third-order valence-corrected chi connectivity index (χ3v) is 3.61. The van der Waals surface area contributed by atoms with E-state index in [0.717, 1.165) is 19.5 Å². The fourth-order valence-electron chi connectivity index (χ4n) is 2.53. The molecule has 0 aromatic heterocycles. The monoisotopic (exact) mass is 314 g/mol. The van der Waals surface area contributed by atoms with Gasteiger partial charge in [0.15, 0.2) is 0 Å². The molecule has 0 saturated carbocycles. The summed E-state index contributed by atoms with van der Waals surface area (Å²) in [6.07, 6.45) is 5.94. The molecule has 0 radical (unpaired) electrons. The van der Waals surface area contributed by atoms with Crippen LogP contribution >= 0.6 is 0 Å². The van der Waals surface area contributed by atoms with Crippen molar-refractivity contribution in [2.45, 2.75) is 90.6 Å². The fraction of sp³-hybridized carbons (Fsp3) is 0.944. The first-order valence-electron chi connectivity index (χ1n) is 8.64. The van der Waals surface area contributed by atoms with Crippen LogP contribution < -0.4 is 0 Å². The molecule has 0 bridgehead atoms. The normalized spacial score (nSPS) is 19.9. The average Bonchev–Trinajstić information content (AvgIpc) is 2.40. The van der Waals surface area contributed by atoms with E-state index >= 15 is 0 Å². The largest absolute Gasteiger partial charge is 0.388 e. The van der Waals surface area contributed by atoms with Crippen LogP contribution in [0.1, 0.15) is 67.2 Å². The maximum Gasteiger partial charge on any atom is 0.142 e. The van der Waals surface area contributed by atoms with Crippen LogP contribution in [-0.2, 0) is 9.47 Å². The number of nitrogens with zero attached hydrogens (tertiary/aromatic N) is 1. The molecule has 0 amide bonds. The topological polar surface area (TPSA) is 41.7 Å². The second-order valence-corrected chi connectivity index (χ2v) is 8.27. The van der Waals surface area contributed by atoms with Gasteiger partial charge in [-0.25, -0.2) is 4.58 Å². The first-order valence-corrected chi connectivity index (χ1v) is 8.64. The van der Waals surface area contributed by atoms with Gasteiger partial charge in [0, 0.05) is 12.8 Å². The molecule has 1 fully saturated rings. The van der Waals surface area contributed by atoms with Crippen LogP contribution in [0.25, 0.3) is 0 Å². The molecule has 0 aromatic rings. The van der Waals surface area contributed by atoms with Gasteiger partial charge in [0.25, 0.3) is 0 Å². The lowest BCUT2D eigenvalue weighted by Crippen LogP contribution is -2.41. The number of hydrogen-bond donors (Lipinski definition) is 1. The summed E-state index contributed by atoms with van der Waals surface area (Å²) in [6.45, 7) is 14.6. The van der Waals surface area contributed by atoms with E-state index < -0.39 is 6.10 Å². The van der Waals surface area contributed by atoms with Gasteiger partial charge < -0.3 is 14.6 Å². The standard InChI is InChI=1S/C18H36NO3/c1-17(2,3)21-14-15(20)16(22-18(4,5)6)10-13-19-11-8-7-9-12-19/h13,15-16,20H,7-12,14H2,1-6H3/q+1/t15-,16-/m1/s1. The molecule has 1 saturated heterocycles. The van der Waals surface area contributed by atoms with Gasteiger partial charge in [-0.15, -0.1) is 0 Å². The van der Waals surface area contributed by atoms with E-state index in [4.69, 9.17) is 9.47 Å². The van der Waals surface area contributed by atoms with Crippen molar-refractivity contribution < 1.29 is 19.2 Å². The average molecular weight is 314 g/mol. The quantitative estimate of drug-likeness (QED) is 0.766. The summed E-state index contributed by atoms with van der Waals surface area (Å²) < 4.78 is 14.1. The van der Waals surface area contributed by atoms with E-state index in [1.807, 2.05) is 41.5 Å². The molecule has 130 valence electrons. The highest BCUT2D eigenvalue weighted by molar-refractivity contribution is 5.52. The number of piperidine rings is 1. The van der Waals surface area contributed by atoms with E-state index in [-0.39, 0.29) is 17.3 Å². The summed E-state index contributed by atoms with van der Waals surface area (Å²) in [7, 11) is 0. The Morgan fingerprint density at radius 1 is 1.00 bits per heavy atom. The Labute approximate surface area is 136 Å². The minimum Gasteiger partial charge on any atom is -0.388 e. The maximum atomic E-state index is 10.5. The Balaban J connectivity index is 2.62. The Morgan fingerprint density at radius 3 is 2.09 bits per heavy atom. The Kier molecular flexibility index (Phi) is 7.50. The van der Waals surface area contributed by atoms with Crippen LogP contribution in [0.3, 0.4) is 0 Å². The third-order valence-electron chi connectivity index (χ3n) is 3.61. The zero-order valence-corrected chi connectivity index (χ0v) is 15.4. The SMILES string of the molecule is CC(C)(C)OC[C@@H](O)[C@@H](CC=[N+]1CCCCC1)OC(C)(C)C. The first-order chi connectivity index (χ1) is 10.1. The molecule has 22 heavy (non-hydrogen) atoms. The van der Waals surface area contributed by atoms with Crippen molar-refractivity contribution >= 4 is 6.21 Å². The van der Waals surface area contributed by atoms with Crippen molar-refractivity contribution in [2.75, 3.05) is 19.7 Å². The highest BCUT2D eigenvalue weighted by Gasteiger charge is 2.28. The Bertz CT molecular complexity index is 344. The zero-order chi connectivity index (χ0) is 16.8. The predicted octanol–water partition coefficient (Wildman–Crippen LogP) is 3.00. The first kappa shape index (κ1) is 19.6. The highest BCUT2D eigenvalue weighted by Crippen LogP contribution is 2.17. The molecule has 4 nitrogen and oxygen atoms in total. The van der Waals surface area contributed by atoms with Crippen molar-refractivity contribution in [2.24, 2.45) is 0 Å². The molecule has 0 aromatic carbocycles.